The van der Waals surface area contributed by atoms with Crippen molar-refractivity contribution in [3.63, 3.8) is 0 Å². The van der Waals surface area contributed by atoms with Gasteiger partial charge in [0, 0.05) is 10.5 Å². The highest BCUT2D eigenvalue weighted by Gasteiger charge is 2.20. The van der Waals surface area contributed by atoms with Crippen LogP contribution in [0.1, 0.15) is 31.2 Å². The van der Waals surface area contributed by atoms with Crippen molar-refractivity contribution in [1.82, 2.24) is 5.32 Å². The SMILES string of the molecule is C/C=C(\C)C(=O)NC(CC(=O)OC)c1cccs1. The third-order valence-electron chi connectivity index (χ3n) is 2.58. The number of carbonyl (C=O) groups is 2. The molecule has 1 rings (SSSR count). The second kappa shape index (κ2) is 6.96. The van der Waals surface area contributed by atoms with E-state index < -0.39 is 0 Å². The molecular formula is C13H17NO3S. The van der Waals surface area contributed by atoms with Crippen LogP contribution < -0.4 is 5.32 Å². The third kappa shape index (κ3) is 4.00. The second-order valence-corrected chi connectivity index (χ2v) is 4.77. The quantitative estimate of drug-likeness (QED) is 0.658. The van der Waals surface area contributed by atoms with E-state index in [9.17, 15) is 9.59 Å². The highest BCUT2D eigenvalue weighted by Crippen LogP contribution is 2.22. The van der Waals surface area contributed by atoms with Gasteiger partial charge in [-0.25, -0.2) is 0 Å². The van der Waals surface area contributed by atoms with Crippen LogP contribution in [0.4, 0.5) is 0 Å². The molecule has 5 heteroatoms. The lowest BCUT2D eigenvalue weighted by Crippen LogP contribution is -2.30. The largest absolute Gasteiger partial charge is 0.469 e. The Morgan fingerprint density at radius 2 is 2.28 bits per heavy atom. The van der Waals surface area contributed by atoms with Crippen molar-refractivity contribution in [1.29, 1.82) is 0 Å². The van der Waals surface area contributed by atoms with Gasteiger partial charge in [0.25, 0.3) is 0 Å². The molecule has 1 aromatic rings. The van der Waals surface area contributed by atoms with Gasteiger partial charge in [0.05, 0.1) is 19.6 Å². The number of hydrogen-bond donors (Lipinski definition) is 1. The van der Waals surface area contributed by atoms with Crippen LogP contribution in [0, 0.1) is 0 Å². The number of esters is 1. The van der Waals surface area contributed by atoms with Crippen molar-refractivity contribution in [2.75, 3.05) is 7.11 Å². The van der Waals surface area contributed by atoms with E-state index in [0.29, 0.717) is 5.57 Å². The van der Waals surface area contributed by atoms with Gasteiger partial charge in [0.2, 0.25) is 5.91 Å². The Hall–Kier alpha value is -1.62. The first-order valence-corrected chi connectivity index (χ1v) is 6.50. The number of ether oxygens (including phenoxy) is 1. The van der Waals surface area contributed by atoms with Crippen LogP contribution in [-0.4, -0.2) is 19.0 Å². The molecule has 0 saturated carbocycles. The van der Waals surface area contributed by atoms with Gasteiger partial charge in [-0.05, 0) is 25.3 Å². The Bertz CT molecular complexity index is 437. The molecule has 0 aliphatic heterocycles. The molecule has 1 aromatic heterocycles. The van der Waals surface area contributed by atoms with Crippen LogP contribution in [0.5, 0.6) is 0 Å². The molecule has 0 fully saturated rings. The van der Waals surface area contributed by atoms with Crippen LogP contribution in [0.15, 0.2) is 29.2 Å². The molecule has 0 aliphatic rings. The molecule has 0 saturated heterocycles. The van der Waals surface area contributed by atoms with E-state index in [0.717, 1.165) is 4.88 Å². The summed E-state index contributed by atoms with van der Waals surface area (Å²) in [5, 5.41) is 4.75. The maximum Gasteiger partial charge on any atom is 0.307 e. The van der Waals surface area contributed by atoms with Gasteiger partial charge < -0.3 is 10.1 Å². The fourth-order valence-electron chi connectivity index (χ4n) is 1.37. The Kier molecular flexibility index (Phi) is 5.58. The van der Waals surface area contributed by atoms with Gasteiger partial charge >= 0.3 is 5.97 Å². The molecule has 0 radical (unpaired) electrons. The number of carbonyl (C=O) groups excluding carboxylic acids is 2. The molecule has 4 nitrogen and oxygen atoms in total. The summed E-state index contributed by atoms with van der Waals surface area (Å²) in [6.45, 7) is 3.54. The van der Waals surface area contributed by atoms with Crippen molar-refractivity contribution < 1.29 is 14.3 Å². The third-order valence-corrected chi connectivity index (χ3v) is 3.57. The van der Waals surface area contributed by atoms with Crippen molar-refractivity contribution >= 4 is 23.2 Å². The lowest BCUT2D eigenvalue weighted by Gasteiger charge is -2.16. The number of rotatable bonds is 5. The topological polar surface area (TPSA) is 55.4 Å². The minimum atomic E-state index is -0.341. The second-order valence-electron chi connectivity index (χ2n) is 3.79. The normalized spacial score (nSPS) is 12.9. The first kappa shape index (κ1) is 14.4. The van der Waals surface area contributed by atoms with Crippen molar-refractivity contribution in [3.8, 4) is 0 Å². The van der Waals surface area contributed by atoms with E-state index in [2.05, 4.69) is 10.1 Å². The minimum Gasteiger partial charge on any atom is -0.469 e. The first-order chi connectivity index (χ1) is 8.58. The molecule has 0 aliphatic carbocycles. The molecule has 1 N–H and O–H groups in total. The fraction of sp³-hybridized carbons (Fsp3) is 0.385. The highest BCUT2D eigenvalue weighted by atomic mass is 32.1. The van der Waals surface area contributed by atoms with Crippen LogP contribution in [0.25, 0.3) is 0 Å². The summed E-state index contributed by atoms with van der Waals surface area (Å²) < 4.78 is 4.65. The van der Waals surface area contributed by atoms with Crippen molar-refractivity contribution in [2.24, 2.45) is 0 Å². The minimum absolute atomic E-state index is 0.139. The number of amides is 1. The Balaban J connectivity index is 2.79. The van der Waals surface area contributed by atoms with E-state index in [-0.39, 0.29) is 24.3 Å². The standard InChI is InChI=1S/C13H17NO3S/c1-4-9(2)13(16)14-10(8-12(15)17-3)11-6-5-7-18-11/h4-7,10H,8H2,1-3H3,(H,14,16)/b9-4+. The lowest BCUT2D eigenvalue weighted by atomic mass is 10.1. The zero-order chi connectivity index (χ0) is 13.5. The first-order valence-electron chi connectivity index (χ1n) is 5.62. The van der Waals surface area contributed by atoms with Crippen LogP contribution >= 0.6 is 11.3 Å². The number of methoxy groups -OCH3 is 1. The maximum absolute atomic E-state index is 11.8. The number of nitrogens with one attached hydrogen (secondary N) is 1. The Morgan fingerprint density at radius 3 is 2.78 bits per heavy atom. The number of allylic oxidation sites excluding steroid dienone is 1. The average molecular weight is 267 g/mol. The molecule has 18 heavy (non-hydrogen) atoms. The van der Waals surface area contributed by atoms with Gasteiger partial charge in [-0.15, -0.1) is 11.3 Å². The maximum atomic E-state index is 11.8. The zero-order valence-electron chi connectivity index (χ0n) is 10.7. The molecule has 1 atom stereocenters. The summed E-state index contributed by atoms with van der Waals surface area (Å²) >= 11 is 1.50. The number of thiophene rings is 1. The summed E-state index contributed by atoms with van der Waals surface area (Å²) in [6, 6.07) is 3.45. The van der Waals surface area contributed by atoms with Gasteiger partial charge in [-0.2, -0.15) is 0 Å². The van der Waals surface area contributed by atoms with E-state index in [4.69, 9.17) is 0 Å². The summed E-state index contributed by atoms with van der Waals surface area (Å²) in [7, 11) is 1.34. The van der Waals surface area contributed by atoms with E-state index in [1.165, 1.54) is 18.4 Å². The van der Waals surface area contributed by atoms with Gasteiger partial charge in [-0.1, -0.05) is 12.1 Å². The molecule has 98 valence electrons. The molecule has 1 unspecified atom stereocenters. The molecule has 1 heterocycles. The van der Waals surface area contributed by atoms with Gasteiger partial charge in [0.1, 0.15) is 0 Å². The zero-order valence-corrected chi connectivity index (χ0v) is 11.5. The fourth-order valence-corrected chi connectivity index (χ4v) is 2.14. The van der Waals surface area contributed by atoms with E-state index >= 15 is 0 Å². The van der Waals surface area contributed by atoms with E-state index in [1.54, 1.807) is 19.9 Å². The molecule has 0 aromatic carbocycles. The van der Waals surface area contributed by atoms with Gasteiger partial charge in [0.15, 0.2) is 0 Å². The molecule has 0 spiro atoms. The summed E-state index contributed by atoms with van der Waals surface area (Å²) in [5.74, 6) is -0.508. The number of hydrogen-bond acceptors (Lipinski definition) is 4. The average Bonchev–Trinajstić information content (AvgIpc) is 2.90. The monoisotopic (exact) mass is 267 g/mol. The Morgan fingerprint density at radius 1 is 1.56 bits per heavy atom. The predicted molar refractivity (Wildman–Crippen MR) is 71.3 cm³/mol. The lowest BCUT2D eigenvalue weighted by molar-refractivity contribution is -0.141. The summed E-state index contributed by atoms with van der Waals surface area (Å²) in [5.41, 5.74) is 0.626. The van der Waals surface area contributed by atoms with Crippen LogP contribution in [0.2, 0.25) is 0 Å². The van der Waals surface area contributed by atoms with Crippen LogP contribution in [0.3, 0.4) is 0 Å². The van der Waals surface area contributed by atoms with Gasteiger partial charge in [-0.3, -0.25) is 9.59 Å². The highest BCUT2D eigenvalue weighted by molar-refractivity contribution is 7.10. The van der Waals surface area contributed by atoms with E-state index in [1.807, 2.05) is 17.5 Å². The smallest absolute Gasteiger partial charge is 0.307 e. The summed E-state index contributed by atoms with van der Waals surface area (Å²) in [4.78, 5) is 24.1. The molecule has 0 bridgehead atoms. The van der Waals surface area contributed by atoms with Crippen molar-refractivity contribution in [3.05, 3.63) is 34.0 Å². The summed E-state index contributed by atoms with van der Waals surface area (Å²) in [6.07, 6.45) is 1.87. The van der Waals surface area contributed by atoms with Crippen LogP contribution in [-0.2, 0) is 14.3 Å². The molecular weight excluding hydrogens is 250 g/mol. The Labute approximate surface area is 111 Å². The van der Waals surface area contributed by atoms with Crippen molar-refractivity contribution in [2.45, 2.75) is 26.3 Å². The predicted octanol–water partition coefficient (Wildman–Crippen LogP) is 2.43. The molecule has 1 amide bonds.